The van der Waals surface area contributed by atoms with Crippen LogP contribution in [0.4, 0.5) is 0 Å². The topological polar surface area (TPSA) is 57.1 Å². The molecule has 0 amide bonds. The first kappa shape index (κ1) is 17.5. The Morgan fingerprint density at radius 1 is 1.36 bits per heavy atom. The Kier molecular flexibility index (Phi) is 5.11. The molecule has 1 aliphatic rings. The number of ether oxygens (including phenoxy) is 3. The van der Waals surface area contributed by atoms with Gasteiger partial charge in [0.05, 0.1) is 23.1 Å². The number of hydrogen-bond acceptors (Lipinski definition) is 6. The fourth-order valence-corrected chi connectivity index (χ4v) is 3.16. The van der Waals surface area contributed by atoms with Crippen LogP contribution in [0.15, 0.2) is 40.3 Å². The number of thiophene rings is 1. The van der Waals surface area contributed by atoms with Crippen molar-refractivity contribution in [1.29, 1.82) is 0 Å². The highest BCUT2D eigenvalue weighted by atomic mass is 35.5. The summed E-state index contributed by atoms with van der Waals surface area (Å²) in [6.07, 6.45) is 1.56. The third kappa shape index (κ3) is 3.86. The van der Waals surface area contributed by atoms with Gasteiger partial charge in [-0.1, -0.05) is 17.7 Å². The van der Waals surface area contributed by atoms with Gasteiger partial charge in [-0.2, -0.15) is 0 Å². The lowest BCUT2D eigenvalue weighted by molar-refractivity contribution is -0.129. The number of cyclic esters (lactones) is 1. The first-order valence-electron chi connectivity index (χ1n) is 7.58. The van der Waals surface area contributed by atoms with Crippen molar-refractivity contribution in [3.8, 4) is 11.5 Å². The summed E-state index contributed by atoms with van der Waals surface area (Å²) in [4.78, 5) is 17.1. The molecule has 0 N–H and O–H groups in total. The summed E-state index contributed by atoms with van der Waals surface area (Å²) in [5.74, 6) is 0.769. The van der Waals surface area contributed by atoms with Crippen molar-refractivity contribution in [2.45, 2.75) is 20.0 Å². The summed E-state index contributed by atoms with van der Waals surface area (Å²) < 4.78 is 16.3. The molecule has 3 rings (SSSR count). The summed E-state index contributed by atoms with van der Waals surface area (Å²) in [6, 6.07) is 7.15. The average molecular weight is 378 g/mol. The molecule has 0 unspecified atom stereocenters. The molecular formula is C18H16ClNO4S. The number of carbonyl (C=O) groups is 1. The number of rotatable bonds is 5. The molecule has 0 fully saturated rings. The van der Waals surface area contributed by atoms with Crippen LogP contribution >= 0.6 is 22.9 Å². The monoisotopic (exact) mass is 377 g/mol. The van der Waals surface area contributed by atoms with Crippen LogP contribution in [0.3, 0.4) is 0 Å². The molecule has 2 aromatic rings. The Bertz CT molecular complexity index is 856. The maximum Gasteiger partial charge on any atom is 0.363 e. The number of carbonyl (C=O) groups excluding carboxylic acids is 1. The normalized spacial score (nSPS) is 15.5. The van der Waals surface area contributed by atoms with Crippen molar-refractivity contribution >= 4 is 40.9 Å². The van der Waals surface area contributed by atoms with E-state index in [1.807, 2.05) is 31.4 Å². The fourth-order valence-electron chi connectivity index (χ4n) is 2.25. The quantitative estimate of drug-likeness (QED) is 0.567. The maximum atomic E-state index is 12.0. The van der Waals surface area contributed by atoms with Gasteiger partial charge in [0, 0.05) is 0 Å². The Labute approximate surface area is 154 Å². The smallest absolute Gasteiger partial charge is 0.363 e. The van der Waals surface area contributed by atoms with E-state index in [2.05, 4.69) is 4.99 Å². The Morgan fingerprint density at radius 3 is 2.80 bits per heavy atom. The van der Waals surface area contributed by atoms with E-state index < -0.39 is 5.97 Å². The fraction of sp³-hybridized carbons (Fsp3) is 0.222. The zero-order chi connectivity index (χ0) is 18.0. The molecule has 0 radical (unpaired) electrons. The van der Waals surface area contributed by atoms with Gasteiger partial charge in [-0.25, -0.2) is 9.79 Å². The second kappa shape index (κ2) is 7.29. The third-order valence-corrected chi connectivity index (χ3v) is 4.40. The summed E-state index contributed by atoms with van der Waals surface area (Å²) in [5.41, 5.74) is 0.875. The zero-order valence-electron chi connectivity index (χ0n) is 13.9. The van der Waals surface area contributed by atoms with Crippen LogP contribution in [0.5, 0.6) is 11.5 Å². The van der Waals surface area contributed by atoms with Gasteiger partial charge in [-0.05, 0) is 49.1 Å². The molecule has 25 heavy (non-hydrogen) atoms. The van der Waals surface area contributed by atoms with Crippen LogP contribution in [-0.2, 0) is 9.53 Å². The van der Waals surface area contributed by atoms with Crippen LogP contribution in [0, 0.1) is 0 Å². The Hall–Kier alpha value is -2.31. The van der Waals surface area contributed by atoms with Gasteiger partial charge in [0.25, 0.3) is 0 Å². The van der Waals surface area contributed by atoms with Crippen LogP contribution in [-0.4, -0.2) is 25.1 Å². The van der Waals surface area contributed by atoms with Gasteiger partial charge in [-0.3, -0.25) is 0 Å². The van der Waals surface area contributed by atoms with E-state index in [1.54, 1.807) is 18.2 Å². The summed E-state index contributed by atoms with van der Waals surface area (Å²) in [7, 11) is 1.53. The number of methoxy groups -OCH3 is 1. The minimum absolute atomic E-state index is 0.0432. The lowest BCUT2D eigenvalue weighted by Gasteiger charge is -2.15. The molecule has 1 aromatic heterocycles. The van der Waals surface area contributed by atoms with Crippen molar-refractivity contribution in [2.75, 3.05) is 7.11 Å². The third-order valence-electron chi connectivity index (χ3n) is 3.26. The summed E-state index contributed by atoms with van der Waals surface area (Å²) in [6.45, 7) is 3.81. The van der Waals surface area contributed by atoms with E-state index in [1.165, 1.54) is 18.4 Å². The number of esters is 1. The van der Waals surface area contributed by atoms with Crippen LogP contribution < -0.4 is 9.47 Å². The van der Waals surface area contributed by atoms with E-state index in [0.29, 0.717) is 28.0 Å². The van der Waals surface area contributed by atoms with Gasteiger partial charge >= 0.3 is 5.97 Å². The van der Waals surface area contributed by atoms with Crippen LogP contribution in [0.25, 0.3) is 6.08 Å². The SMILES string of the molecule is COc1cc(/C=C2\N=C(c3cccs3)OC2=O)cc(Cl)c1OC(C)C. The van der Waals surface area contributed by atoms with Crippen LogP contribution in [0.1, 0.15) is 24.3 Å². The van der Waals surface area contributed by atoms with Crippen molar-refractivity contribution in [3.05, 3.63) is 50.8 Å². The molecule has 0 aliphatic carbocycles. The zero-order valence-corrected chi connectivity index (χ0v) is 15.5. The molecule has 2 heterocycles. The molecular weight excluding hydrogens is 362 g/mol. The maximum absolute atomic E-state index is 12.0. The highest BCUT2D eigenvalue weighted by Crippen LogP contribution is 2.38. The Balaban J connectivity index is 1.95. The van der Waals surface area contributed by atoms with Gasteiger partial charge in [0.2, 0.25) is 5.90 Å². The number of aliphatic imine (C=N–C) groups is 1. The van der Waals surface area contributed by atoms with Crippen molar-refractivity contribution in [1.82, 2.24) is 0 Å². The molecule has 0 saturated carbocycles. The molecule has 0 atom stereocenters. The Morgan fingerprint density at radius 2 is 2.16 bits per heavy atom. The molecule has 1 aromatic carbocycles. The molecule has 0 saturated heterocycles. The molecule has 7 heteroatoms. The number of hydrogen-bond donors (Lipinski definition) is 0. The molecule has 130 valence electrons. The van der Waals surface area contributed by atoms with Crippen molar-refractivity contribution in [3.63, 3.8) is 0 Å². The van der Waals surface area contributed by atoms with E-state index in [-0.39, 0.29) is 11.8 Å². The molecule has 0 bridgehead atoms. The molecule has 5 nitrogen and oxygen atoms in total. The second-order valence-electron chi connectivity index (χ2n) is 5.51. The van der Waals surface area contributed by atoms with E-state index in [4.69, 9.17) is 25.8 Å². The minimum atomic E-state index is -0.499. The van der Waals surface area contributed by atoms with Crippen molar-refractivity contribution < 1.29 is 19.0 Å². The standard InChI is InChI=1S/C18H16ClNO4S/c1-10(2)23-16-12(19)7-11(9-14(16)22-3)8-13-18(21)24-17(20-13)15-5-4-6-25-15/h4-10H,1-3H3/b13-8-. The summed E-state index contributed by atoms with van der Waals surface area (Å²) in [5, 5.41) is 2.29. The number of nitrogens with zero attached hydrogens (tertiary/aromatic N) is 1. The van der Waals surface area contributed by atoms with Gasteiger partial charge in [-0.15, -0.1) is 11.3 Å². The predicted octanol–water partition coefficient (Wildman–Crippen LogP) is 4.54. The van der Waals surface area contributed by atoms with Gasteiger partial charge in [0.15, 0.2) is 17.2 Å². The largest absolute Gasteiger partial charge is 0.493 e. The molecule has 1 aliphatic heterocycles. The second-order valence-corrected chi connectivity index (χ2v) is 6.87. The summed E-state index contributed by atoms with van der Waals surface area (Å²) >= 11 is 7.76. The lowest BCUT2D eigenvalue weighted by Crippen LogP contribution is -2.07. The number of benzene rings is 1. The van der Waals surface area contributed by atoms with Gasteiger partial charge < -0.3 is 14.2 Å². The van der Waals surface area contributed by atoms with E-state index >= 15 is 0 Å². The van der Waals surface area contributed by atoms with Crippen LogP contribution in [0.2, 0.25) is 5.02 Å². The minimum Gasteiger partial charge on any atom is -0.493 e. The van der Waals surface area contributed by atoms with Crippen molar-refractivity contribution in [2.24, 2.45) is 4.99 Å². The highest BCUT2D eigenvalue weighted by Gasteiger charge is 2.25. The highest BCUT2D eigenvalue weighted by molar-refractivity contribution is 7.12. The van der Waals surface area contributed by atoms with Gasteiger partial charge in [0.1, 0.15) is 0 Å². The van der Waals surface area contributed by atoms with E-state index in [0.717, 1.165) is 4.88 Å². The lowest BCUT2D eigenvalue weighted by atomic mass is 10.1. The number of halogens is 1. The average Bonchev–Trinajstić information content (AvgIpc) is 3.20. The first-order chi connectivity index (χ1) is 12.0. The van der Waals surface area contributed by atoms with E-state index in [9.17, 15) is 4.79 Å². The molecule has 0 spiro atoms. The predicted molar refractivity (Wildman–Crippen MR) is 98.7 cm³/mol. The first-order valence-corrected chi connectivity index (χ1v) is 8.84.